The number of hydrogen-bond donors (Lipinski definition) is 1. The van der Waals surface area contributed by atoms with Crippen LogP contribution in [0.15, 0.2) is 38.5 Å². The van der Waals surface area contributed by atoms with E-state index < -0.39 is 10.0 Å². The minimum Gasteiger partial charge on any atom is -0.263 e. The van der Waals surface area contributed by atoms with Crippen LogP contribution in [0.25, 0.3) is 0 Å². The molecule has 0 atom stereocenters. The summed E-state index contributed by atoms with van der Waals surface area (Å²) >= 11 is 4.36. The van der Waals surface area contributed by atoms with E-state index in [1.807, 2.05) is 6.92 Å². The molecule has 0 radical (unpaired) electrons. The lowest BCUT2D eigenvalue weighted by Crippen LogP contribution is -2.13. The molecule has 0 aliphatic carbocycles. The van der Waals surface area contributed by atoms with E-state index in [0.29, 0.717) is 10.3 Å². The largest absolute Gasteiger partial charge is 0.273 e. The Kier molecular flexibility index (Phi) is 3.50. The topological polar surface area (TPSA) is 59.1 Å². The lowest BCUT2D eigenvalue weighted by atomic mass is 10.3. The molecule has 0 aliphatic heterocycles. The molecule has 0 aliphatic rings. The maximum Gasteiger partial charge on any atom is 0.273 e. The van der Waals surface area contributed by atoms with E-state index in [-0.39, 0.29) is 4.21 Å². The molecule has 2 heterocycles. The van der Waals surface area contributed by atoms with Crippen molar-refractivity contribution in [2.24, 2.45) is 0 Å². The van der Waals surface area contributed by atoms with Crippen molar-refractivity contribution in [1.29, 1.82) is 0 Å². The number of nitrogens with zero attached hydrogens (tertiary/aromatic N) is 1. The Morgan fingerprint density at radius 2 is 2.18 bits per heavy atom. The van der Waals surface area contributed by atoms with Crippen LogP contribution in [0.4, 0.5) is 5.82 Å². The molecular formula is C10H9BrN2O2S2. The third-order valence-electron chi connectivity index (χ3n) is 1.98. The molecule has 1 N–H and O–H groups in total. The van der Waals surface area contributed by atoms with Crippen LogP contribution in [0.3, 0.4) is 0 Å². The number of thiophene rings is 1. The lowest BCUT2D eigenvalue weighted by Gasteiger charge is -2.06. The van der Waals surface area contributed by atoms with E-state index in [9.17, 15) is 8.42 Å². The molecule has 7 heteroatoms. The number of aromatic nitrogens is 1. The average Bonchev–Trinajstić information content (AvgIpc) is 2.64. The number of halogens is 1. The molecule has 90 valence electrons. The van der Waals surface area contributed by atoms with Gasteiger partial charge in [0.2, 0.25) is 0 Å². The fourth-order valence-corrected chi connectivity index (χ4v) is 4.59. The zero-order chi connectivity index (χ0) is 12.5. The molecule has 0 saturated heterocycles. The fraction of sp³-hybridized carbons (Fsp3) is 0.100. The highest BCUT2D eigenvalue weighted by Crippen LogP contribution is 2.28. The van der Waals surface area contributed by atoms with Crippen LogP contribution in [0, 0.1) is 6.92 Å². The summed E-state index contributed by atoms with van der Waals surface area (Å²) in [5.74, 6) is 0.324. The second-order valence-electron chi connectivity index (χ2n) is 3.38. The normalized spacial score (nSPS) is 11.4. The van der Waals surface area contributed by atoms with Gasteiger partial charge < -0.3 is 0 Å². The quantitative estimate of drug-likeness (QED) is 0.939. The summed E-state index contributed by atoms with van der Waals surface area (Å²) in [4.78, 5) is 3.96. The summed E-state index contributed by atoms with van der Waals surface area (Å²) < 4.78 is 27.3. The van der Waals surface area contributed by atoms with Gasteiger partial charge in [-0.1, -0.05) is 0 Å². The molecule has 0 amide bonds. The van der Waals surface area contributed by atoms with Crippen molar-refractivity contribution in [3.8, 4) is 0 Å². The average molecular weight is 333 g/mol. The highest BCUT2D eigenvalue weighted by atomic mass is 79.9. The molecule has 0 aromatic carbocycles. The zero-order valence-corrected chi connectivity index (χ0v) is 12.1. The van der Waals surface area contributed by atoms with Crippen molar-refractivity contribution < 1.29 is 8.42 Å². The van der Waals surface area contributed by atoms with Crippen molar-refractivity contribution in [1.82, 2.24) is 4.98 Å². The van der Waals surface area contributed by atoms with E-state index in [0.717, 1.165) is 16.9 Å². The molecule has 2 aromatic heterocycles. The van der Waals surface area contributed by atoms with Crippen molar-refractivity contribution in [2.75, 3.05) is 4.72 Å². The van der Waals surface area contributed by atoms with Crippen LogP contribution >= 0.6 is 27.3 Å². The number of nitrogens with one attached hydrogen (secondary N) is 1. The maximum absolute atomic E-state index is 12.0. The summed E-state index contributed by atoms with van der Waals surface area (Å²) in [6, 6.07) is 5.18. The monoisotopic (exact) mass is 332 g/mol. The Labute approximate surface area is 112 Å². The number of rotatable bonds is 3. The predicted molar refractivity (Wildman–Crippen MR) is 71.8 cm³/mol. The van der Waals surface area contributed by atoms with Gasteiger partial charge in [-0.05, 0) is 52.0 Å². The zero-order valence-electron chi connectivity index (χ0n) is 8.84. The maximum atomic E-state index is 12.0. The van der Waals surface area contributed by atoms with Crippen LogP contribution in [0.5, 0.6) is 0 Å². The summed E-state index contributed by atoms with van der Waals surface area (Å²) in [5, 5.41) is 1.71. The minimum absolute atomic E-state index is 0.251. The summed E-state index contributed by atoms with van der Waals surface area (Å²) in [6.07, 6.45) is 1.57. The summed E-state index contributed by atoms with van der Waals surface area (Å²) in [7, 11) is -3.56. The molecule has 2 aromatic rings. The van der Waals surface area contributed by atoms with Crippen molar-refractivity contribution in [2.45, 2.75) is 11.1 Å². The molecule has 0 bridgehead atoms. The van der Waals surface area contributed by atoms with Crippen molar-refractivity contribution >= 4 is 43.1 Å². The van der Waals surface area contributed by atoms with Crippen molar-refractivity contribution in [3.63, 3.8) is 0 Å². The van der Waals surface area contributed by atoms with Gasteiger partial charge in [-0.3, -0.25) is 4.72 Å². The van der Waals surface area contributed by atoms with E-state index in [4.69, 9.17) is 0 Å². The first kappa shape index (κ1) is 12.5. The number of aryl methyl sites for hydroxylation is 1. The van der Waals surface area contributed by atoms with Crippen LogP contribution in [-0.2, 0) is 10.0 Å². The molecule has 2 rings (SSSR count). The molecule has 4 nitrogen and oxygen atoms in total. The first-order valence-electron chi connectivity index (χ1n) is 4.67. The minimum atomic E-state index is -3.56. The van der Waals surface area contributed by atoms with Gasteiger partial charge in [0.25, 0.3) is 10.0 Å². The Hall–Kier alpha value is -0.920. The van der Waals surface area contributed by atoms with Crippen LogP contribution in [0.1, 0.15) is 5.56 Å². The number of pyridine rings is 1. The van der Waals surface area contributed by atoms with Gasteiger partial charge in [0, 0.05) is 10.7 Å². The second kappa shape index (κ2) is 4.75. The molecule has 0 fully saturated rings. The number of hydrogen-bond acceptors (Lipinski definition) is 4. The molecule has 0 saturated carbocycles. The van der Waals surface area contributed by atoms with Crippen LogP contribution < -0.4 is 4.72 Å². The molecule has 17 heavy (non-hydrogen) atoms. The Morgan fingerprint density at radius 3 is 2.76 bits per heavy atom. The smallest absolute Gasteiger partial charge is 0.263 e. The van der Waals surface area contributed by atoms with Crippen LogP contribution in [-0.4, -0.2) is 13.4 Å². The van der Waals surface area contributed by atoms with E-state index in [2.05, 4.69) is 25.6 Å². The Balaban J connectivity index is 2.33. The third-order valence-corrected chi connectivity index (χ3v) is 6.01. The highest BCUT2D eigenvalue weighted by Gasteiger charge is 2.19. The molecule has 0 spiro atoms. The van der Waals surface area contributed by atoms with E-state index in [1.54, 1.807) is 29.8 Å². The fourth-order valence-electron chi connectivity index (χ4n) is 1.25. The van der Waals surface area contributed by atoms with Crippen LogP contribution in [0.2, 0.25) is 0 Å². The SMILES string of the molecule is Cc1ccnc(NS(=O)(=O)c2sccc2Br)c1. The van der Waals surface area contributed by atoms with E-state index in [1.165, 1.54) is 0 Å². The van der Waals surface area contributed by atoms with Gasteiger partial charge in [-0.25, -0.2) is 13.4 Å². The van der Waals surface area contributed by atoms with Gasteiger partial charge in [-0.15, -0.1) is 11.3 Å². The molecule has 0 unspecified atom stereocenters. The first-order chi connectivity index (χ1) is 7.99. The standard InChI is InChI=1S/C10H9BrN2O2S2/c1-7-2-4-12-9(6-7)13-17(14,15)10-8(11)3-5-16-10/h2-6H,1H3,(H,12,13). The van der Waals surface area contributed by atoms with Gasteiger partial charge >= 0.3 is 0 Å². The second-order valence-corrected chi connectivity index (χ2v) is 7.03. The number of sulfonamides is 1. The summed E-state index contributed by atoms with van der Waals surface area (Å²) in [6.45, 7) is 1.88. The molecular weight excluding hydrogens is 324 g/mol. The number of anilines is 1. The van der Waals surface area contributed by atoms with Crippen molar-refractivity contribution in [3.05, 3.63) is 39.8 Å². The van der Waals surface area contributed by atoms with Gasteiger partial charge in [0.1, 0.15) is 5.82 Å². The van der Waals surface area contributed by atoms with E-state index >= 15 is 0 Å². The highest BCUT2D eigenvalue weighted by molar-refractivity contribution is 9.10. The third kappa shape index (κ3) is 2.85. The van der Waals surface area contributed by atoms with Gasteiger partial charge in [0.15, 0.2) is 4.21 Å². The lowest BCUT2D eigenvalue weighted by molar-refractivity contribution is 0.602. The Bertz CT molecular complexity index is 637. The summed E-state index contributed by atoms with van der Waals surface area (Å²) in [5.41, 5.74) is 0.947. The first-order valence-corrected chi connectivity index (χ1v) is 7.83. The van der Waals surface area contributed by atoms with Gasteiger partial charge in [-0.2, -0.15) is 0 Å². The Morgan fingerprint density at radius 1 is 1.41 bits per heavy atom. The van der Waals surface area contributed by atoms with Gasteiger partial charge in [0.05, 0.1) is 0 Å². The predicted octanol–water partition coefficient (Wildman–Crippen LogP) is 3.01.